The zero-order chi connectivity index (χ0) is 18.1. The van der Waals surface area contributed by atoms with Gasteiger partial charge in [0, 0.05) is 5.69 Å². The van der Waals surface area contributed by atoms with Crippen molar-refractivity contribution in [3.63, 3.8) is 0 Å². The number of aromatic nitrogens is 5. The van der Waals surface area contributed by atoms with Crippen molar-refractivity contribution in [3.8, 4) is 5.82 Å². The van der Waals surface area contributed by atoms with Gasteiger partial charge in [0.05, 0.1) is 10.4 Å². The quantitative estimate of drug-likeness (QED) is 0.446. The molecular weight excluding hydrogens is 334 g/mol. The molecule has 4 rings (SSSR count). The summed E-state index contributed by atoms with van der Waals surface area (Å²) in [5.74, 6) is 0.136. The highest BCUT2D eigenvalue weighted by Crippen LogP contribution is 2.31. The van der Waals surface area contributed by atoms with Gasteiger partial charge in [-0.25, -0.2) is 9.97 Å². The number of para-hydroxylation sites is 1. The fraction of sp³-hybridized carbons (Fsp3) is 0.0588. The number of anilines is 2. The van der Waals surface area contributed by atoms with Crippen molar-refractivity contribution in [1.29, 1.82) is 0 Å². The summed E-state index contributed by atoms with van der Waals surface area (Å²) in [7, 11) is 0. The van der Waals surface area contributed by atoms with Crippen LogP contribution in [-0.2, 0) is 0 Å². The number of benzene rings is 2. The molecule has 0 saturated heterocycles. The second-order valence-electron chi connectivity index (χ2n) is 5.63. The minimum Gasteiger partial charge on any atom is -0.334 e. The molecule has 0 fully saturated rings. The van der Waals surface area contributed by atoms with Crippen molar-refractivity contribution in [1.82, 2.24) is 25.0 Å². The molecule has 0 unspecified atom stereocenters. The number of nitrogens with one attached hydrogen (secondary N) is 1. The zero-order valence-electron chi connectivity index (χ0n) is 13.7. The van der Waals surface area contributed by atoms with E-state index >= 15 is 0 Å². The highest BCUT2D eigenvalue weighted by atomic mass is 16.6. The molecule has 0 spiro atoms. The molecule has 2 heterocycles. The molecule has 2 aromatic heterocycles. The fourth-order valence-corrected chi connectivity index (χ4v) is 2.58. The Kier molecular flexibility index (Phi) is 3.73. The van der Waals surface area contributed by atoms with E-state index in [2.05, 4.69) is 25.6 Å². The standard InChI is InChI=1S/C17H13N7O2/c1-11-6-8-12(9-7-11)20-16-15(24(25)26)17(19-10-18-16)23-14-5-3-2-4-13(14)21-22-23/h2-10H,1H3,(H,18,19,20). The van der Waals surface area contributed by atoms with E-state index < -0.39 is 4.92 Å². The number of rotatable bonds is 4. The molecule has 0 bridgehead atoms. The van der Waals surface area contributed by atoms with Gasteiger partial charge in [-0.05, 0) is 31.2 Å². The lowest BCUT2D eigenvalue weighted by Crippen LogP contribution is -2.08. The first-order chi connectivity index (χ1) is 12.6. The SMILES string of the molecule is Cc1ccc(Nc2ncnc(-n3nnc4ccccc43)c2[N+](=O)[O-])cc1. The van der Waals surface area contributed by atoms with Crippen molar-refractivity contribution in [3.05, 3.63) is 70.5 Å². The number of nitro groups is 1. The smallest absolute Gasteiger partial charge is 0.334 e. The molecule has 2 aromatic carbocycles. The van der Waals surface area contributed by atoms with E-state index in [0.717, 1.165) is 5.56 Å². The third kappa shape index (κ3) is 2.71. The molecule has 9 nitrogen and oxygen atoms in total. The summed E-state index contributed by atoms with van der Waals surface area (Å²) in [5, 5.41) is 22.8. The molecule has 0 aliphatic carbocycles. The van der Waals surface area contributed by atoms with Gasteiger partial charge in [-0.15, -0.1) is 5.10 Å². The first-order valence-corrected chi connectivity index (χ1v) is 7.77. The molecule has 9 heteroatoms. The Bertz CT molecular complexity index is 1110. The molecule has 0 amide bonds. The number of hydrogen-bond donors (Lipinski definition) is 1. The predicted molar refractivity (Wildman–Crippen MR) is 95.6 cm³/mol. The Morgan fingerprint density at radius 3 is 2.62 bits per heavy atom. The van der Waals surface area contributed by atoms with E-state index in [0.29, 0.717) is 16.7 Å². The fourth-order valence-electron chi connectivity index (χ4n) is 2.58. The van der Waals surface area contributed by atoms with Crippen LogP contribution in [0.25, 0.3) is 16.9 Å². The van der Waals surface area contributed by atoms with Gasteiger partial charge in [-0.3, -0.25) is 10.1 Å². The van der Waals surface area contributed by atoms with Crippen LogP contribution in [0.2, 0.25) is 0 Å². The van der Waals surface area contributed by atoms with E-state index in [1.165, 1.54) is 11.0 Å². The second kappa shape index (κ2) is 6.20. The Morgan fingerprint density at radius 1 is 1.08 bits per heavy atom. The summed E-state index contributed by atoms with van der Waals surface area (Å²) in [6.07, 6.45) is 1.26. The van der Waals surface area contributed by atoms with Gasteiger partial charge in [-0.2, -0.15) is 4.68 Å². The van der Waals surface area contributed by atoms with Gasteiger partial charge in [0.2, 0.25) is 11.6 Å². The summed E-state index contributed by atoms with van der Waals surface area (Å²) in [5.41, 5.74) is 2.74. The minimum atomic E-state index is -0.525. The third-order valence-electron chi connectivity index (χ3n) is 3.85. The van der Waals surface area contributed by atoms with E-state index in [9.17, 15) is 10.1 Å². The summed E-state index contributed by atoms with van der Waals surface area (Å²) in [4.78, 5) is 19.3. The number of nitrogens with zero attached hydrogens (tertiary/aromatic N) is 6. The molecule has 4 aromatic rings. The molecule has 0 radical (unpaired) electrons. The maximum atomic E-state index is 11.7. The molecule has 0 saturated carbocycles. The molecule has 26 heavy (non-hydrogen) atoms. The van der Waals surface area contributed by atoms with E-state index in [-0.39, 0.29) is 17.3 Å². The summed E-state index contributed by atoms with van der Waals surface area (Å²) in [6, 6.07) is 14.6. The predicted octanol–water partition coefficient (Wildman–Crippen LogP) is 3.17. The Hall–Kier alpha value is -3.88. The second-order valence-corrected chi connectivity index (χ2v) is 5.63. The Balaban J connectivity index is 1.86. The Morgan fingerprint density at radius 2 is 1.85 bits per heavy atom. The van der Waals surface area contributed by atoms with Crippen LogP contribution >= 0.6 is 0 Å². The summed E-state index contributed by atoms with van der Waals surface area (Å²) < 4.78 is 1.34. The van der Waals surface area contributed by atoms with Crippen molar-refractivity contribution in [2.45, 2.75) is 6.92 Å². The zero-order valence-corrected chi connectivity index (χ0v) is 13.7. The van der Waals surface area contributed by atoms with Crippen molar-refractivity contribution in [2.24, 2.45) is 0 Å². The average molecular weight is 347 g/mol. The Labute approximate surface area is 147 Å². The van der Waals surface area contributed by atoms with Gasteiger partial charge in [0.25, 0.3) is 0 Å². The highest BCUT2D eigenvalue weighted by molar-refractivity contribution is 5.78. The largest absolute Gasteiger partial charge is 0.356 e. The van der Waals surface area contributed by atoms with Gasteiger partial charge in [0.15, 0.2) is 0 Å². The van der Waals surface area contributed by atoms with Crippen LogP contribution in [-0.4, -0.2) is 29.9 Å². The van der Waals surface area contributed by atoms with Crippen LogP contribution in [0.4, 0.5) is 17.2 Å². The van der Waals surface area contributed by atoms with Gasteiger partial charge in [0.1, 0.15) is 11.8 Å². The number of aryl methyl sites for hydroxylation is 1. The van der Waals surface area contributed by atoms with Crippen LogP contribution in [0.3, 0.4) is 0 Å². The van der Waals surface area contributed by atoms with Crippen LogP contribution in [0.1, 0.15) is 5.56 Å². The molecule has 128 valence electrons. The number of hydrogen-bond acceptors (Lipinski definition) is 7. The van der Waals surface area contributed by atoms with Crippen LogP contribution in [0, 0.1) is 17.0 Å². The first kappa shape index (κ1) is 15.6. The molecule has 0 atom stereocenters. The molecule has 0 aliphatic rings. The maximum Gasteiger partial charge on any atom is 0.356 e. The molecule has 0 aliphatic heterocycles. The van der Waals surface area contributed by atoms with Gasteiger partial charge in [-0.1, -0.05) is 35.0 Å². The molecule has 1 N–H and O–H groups in total. The average Bonchev–Trinajstić information content (AvgIpc) is 3.07. The van der Waals surface area contributed by atoms with E-state index in [1.807, 2.05) is 37.3 Å². The first-order valence-electron chi connectivity index (χ1n) is 7.77. The molecular formula is C17H13N7O2. The van der Waals surface area contributed by atoms with Crippen molar-refractivity contribution < 1.29 is 4.92 Å². The van der Waals surface area contributed by atoms with Crippen LogP contribution in [0.15, 0.2) is 54.9 Å². The summed E-state index contributed by atoms with van der Waals surface area (Å²) >= 11 is 0. The van der Waals surface area contributed by atoms with E-state index in [1.54, 1.807) is 18.2 Å². The number of fused-ring (bicyclic) bond motifs is 1. The normalized spacial score (nSPS) is 10.8. The lowest BCUT2D eigenvalue weighted by atomic mass is 10.2. The van der Waals surface area contributed by atoms with Crippen molar-refractivity contribution >= 4 is 28.2 Å². The lowest BCUT2D eigenvalue weighted by Gasteiger charge is -2.09. The van der Waals surface area contributed by atoms with E-state index in [4.69, 9.17) is 0 Å². The van der Waals surface area contributed by atoms with Crippen LogP contribution < -0.4 is 5.32 Å². The lowest BCUT2D eigenvalue weighted by molar-refractivity contribution is -0.384. The minimum absolute atomic E-state index is 0.0494. The maximum absolute atomic E-state index is 11.7. The third-order valence-corrected chi connectivity index (χ3v) is 3.85. The monoisotopic (exact) mass is 347 g/mol. The summed E-state index contributed by atoms with van der Waals surface area (Å²) in [6.45, 7) is 1.96. The highest BCUT2D eigenvalue weighted by Gasteiger charge is 2.26. The van der Waals surface area contributed by atoms with Crippen molar-refractivity contribution in [2.75, 3.05) is 5.32 Å². The topological polar surface area (TPSA) is 112 Å². The van der Waals surface area contributed by atoms with Gasteiger partial charge < -0.3 is 5.32 Å². The van der Waals surface area contributed by atoms with Gasteiger partial charge >= 0.3 is 5.69 Å². The van der Waals surface area contributed by atoms with Crippen LogP contribution in [0.5, 0.6) is 0 Å².